The third-order valence-corrected chi connectivity index (χ3v) is 2.68. The maximum absolute atomic E-state index is 9.04. The lowest BCUT2D eigenvalue weighted by Gasteiger charge is -2.12. The summed E-state index contributed by atoms with van der Waals surface area (Å²) in [7, 11) is 0. The van der Waals surface area contributed by atoms with E-state index in [1.165, 1.54) is 11.8 Å². The minimum Gasteiger partial charge on any atom is -0.409 e. The van der Waals surface area contributed by atoms with Crippen molar-refractivity contribution in [1.29, 1.82) is 0 Å². The van der Waals surface area contributed by atoms with E-state index < -0.39 is 0 Å². The van der Waals surface area contributed by atoms with Crippen molar-refractivity contribution < 1.29 is 10.3 Å². The maximum atomic E-state index is 9.04. The van der Waals surface area contributed by atoms with Crippen LogP contribution in [0.5, 0.6) is 0 Å². The molecule has 0 heterocycles. The predicted molar refractivity (Wildman–Crippen MR) is 47.0 cm³/mol. The van der Waals surface area contributed by atoms with E-state index in [0.717, 1.165) is 0 Å². The van der Waals surface area contributed by atoms with Crippen LogP contribution in [0, 0.1) is 0 Å². The quantitative estimate of drug-likeness (QED) is 0.249. The van der Waals surface area contributed by atoms with Crippen molar-refractivity contribution in [2.75, 3.05) is 5.75 Å². The number of nitrogens with two attached hydrogens (primary N) is 1. The highest BCUT2D eigenvalue weighted by Crippen LogP contribution is 2.13. The molecular weight excluding hydrogens is 164 g/mol. The molecule has 0 amide bonds. The van der Waals surface area contributed by atoms with E-state index in [1.54, 1.807) is 6.92 Å². The number of aliphatic hydroxyl groups is 1. The molecule has 0 aliphatic carbocycles. The molecule has 5 heteroatoms. The molecule has 0 fully saturated rings. The summed E-state index contributed by atoms with van der Waals surface area (Å²) < 4.78 is 0. The zero-order chi connectivity index (χ0) is 8.85. The molecule has 0 spiro atoms. The number of amidine groups is 1. The largest absolute Gasteiger partial charge is 0.409 e. The van der Waals surface area contributed by atoms with Crippen molar-refractivity contribution in [3.8, 4) is 0 Å². The summed E-state index contributed by atoms with van der Waals surface area (Å²) in [4.78, 5) is 0. The first-order chi connectivity index (χ1) is 5.07. The number of oxime groups is 1. The van der Waals surface area contributed by atoms with Gasteiger partial charge in [-0.1, -0.05) is 12.1 Å². The first kappa shape index (κ1) is 10.6. The van der Waals surface area contributed by atoms with Gasteiger partial charge in [-0.2, -0.15) is 0 Å². The number of thioether (sulfide) groups is 1. The minimum atomic E-state index is -0.369. The fourth-order valence-electron chi connectivity index (χ4n) is 0.385. The number of aliphatic hydroxyl groups excluding tert-OH is 1. The Labute approximate surface area is 70.5 Å². The van der Waals surface area contributed by atoms with Gasteiger partial charge in [0.2, 0.25) is 0 Å². The number of hydrogen-bond acceptors (Lipinski definition) is 4. The van der Waals surface area contributed by atoms with Gasteiger partial charge < -0.3 is 16.0 Å². The molecule has 0 saturated heterocycles. The standard InChI is InChI=1S/C6H14N2O2S/c1-4(9)5(2)11-3-6(7)8-10/h4-5,9-10H,3H2,1-2H3,(H2,7,8). The number of hydrogen-bond donors (Lipinski definition) is 3. The second-order valence-corrected chi connectivity index (χ2v) is 3.71. The Morgan fingerprint density at radius 2 is 2.18 bits per heavy atom. The fraction of sp³-hybridized carbons (Fsp3) is 0.833. The molecule has 0 aromatic heterocycles. The lowest BCUT2D eigenvalue weighted by molar-refractivity contribution is 0.196. The van der Waals surface area contributed by atoms with Crippen LogP contribution in [0.3, 0.4) is 0 Å². The first-order valence-electron chi connectivity index (χ1n) is 3.34. The minimum absolute atomic E-state index is 0.107. The molecular formula is C6H14N2O2S. The number of nitrogens with zero attached hydrogens (tertiary/aromatic N) is 1. The van der Waals surface area contributed by atoms with Crippen LogP contribution in [-0.2, 0) is 0 Å². The van der Waals surface area contributed by atoms with Crippen LogP contribution in [0.1, 0.15) is 13.8 Å². The molecule has 0 aliphatic rings. The van der Waals surface area contributed by atoms with Crippen molar-refractivity contribution in [2.24, 2.45) is 10.9 Å². The van der Waals surface area contributed by atoms with Gasteiger partial charge >= 0.3 is 0 Å². The molecule has 0 aromatic rings. The Morgan fingerprint density at radius 1 is 1.64 bits per heavy atom. The van der Waals surface area contributed by atoms with Crippen LogP contribution < -0.4 is 5.73 Å². The van der Waals surface area contributed by atoms with Crippen LogP contribution in [-0.4, -0.2) is 33.3 Å². The molecule has 0 aromatic carbocycles. The van der Waals surface area contributed by atoms with Crippen molar-refractivity contribution >= 4 is 17.6 Å². The van der Waals surface area contributed by atoms with Crippen LogP contribution in [0.2, 0.25) is 0 Å². The van der Waals surface area contributed by atoms with Crippen LogP contribution >= 0.6 is 11.8 Å². The van der Waals surface area contributed by atoms with Gasteiger partial charge in [-0.25, -0.2) is 0 Å². The molecule has 0 radical (unpaired) electrons. The molecule has 4 nitrogen and oxygen atoms in total. The van der Waals surface area contributed by atoms with E-state index in [9.17, 15) is 0 Å². The predicted octanol–water partition coefficient (Wildman–Crippen LogP) is 0.235. The Kier molecular flexibility index (Phi) is 5.06. The molecule has 0 aliphatic heterocycles. The maximum Gasteiger partial charge on any atom is 0.149 e. The molecule has 2 atom stereocenters. The van der Waals surface area contributed by atoms with E-state index in [-0.39, 0.29) is 17.2 Å². The van der Waals surface area contributed by atoms with E-state index in [2.05, 4.69) is 5.16 Å². The zero-order valence-electron chi connectivity index (χ0n) is 6.69. The van der Waals surface area contributed by atoms with Gasteiger partial charge in [0.25, 0.3) is 0 Å². The van der Waals surface area contributed by atoms with Crippen molar-refractivity contribution in [1.82, 2.24) is 0 Å². The lowest BCUT2D eigenvalue weighted by atomic mass is 10.3. The van der Waals surface area contributed by atoms with Gasteiger partial charge in [-0.05, 0) is 6.92 Å². The second kappa shape index (κ2) is 5.26. The van der Waals surface area contributed by atoms with E-state index in [0.29, 0.717) is 5.75 Å². The Balaban J connectivity index is 3.54. The van der Waals surface area contributed by atoms with E-state index in [4.69, 9.17) is 16.0 Å². The normalized spacial score (nSPS) is 17.9. The van der Waals surface area contributed by atoms with Gasteiger partial charge in [-0.15, -0.1) is 11.8 Å². The van der Waals surface area contributed by atoms with Crippen LogP contribution in [0.15, 0.2) is 5.16 Å². The third kappa shape index (κ3) is 4.92. The summed E-state index contributed by atoms with van der Waals surface area (Å²) in [5.41, 5.74) is 5.22. The topological polar surface area (TPSA) is 78.8 Å². The molecule has 11 heavy (non-hydrogen) atoms. The van der Waals surface area contributed by atoms with Crippen molar-refractivity contribution in [3.63, 3.8) is 0 Å². The van der Waals surface area contributed by atoms with Gasteiger partial charge in [0, 0.05) is 5.25 Å². The Bertz CT molecular complexity index is 139. The highest BCUT2D eigenvalue weighted by molar-refractivity contribution is 8.00. The number of rotatable bonds is 4. The highest BCUT2D eigenvalue weighted by atomic mass is 32.2. The highest BCUT2D eigenvalue weighted by Gasteiger charge is 2.09. The summed E-state index contributed by atoms with van der Waals surface area (Å²) in [6, 6.07) is 0. The molecule has 66 valence electrons. The smallest absolute Gasteiger partial charge is 0.149 e. The van der Waals surface area contributed by atoms with Gasteiger partial charge in [-0.3, -0.25) is 0 Å². The van der Waals surface area contributed by atoms with Gasteiger partial charge in [0.1, 0.15) is 5.84 Å². The Hall–Kier alpha value is -0.420. The lowest BCUT2D eigenvalue weighted by Crippen LogP contribution is -2.21. The summed E-state index contributed by atoms with van der Waals surface area (Å²) >= 11 is 1.45. The molecule has 4 N–H and O–H groups in total. The van der Waals surface area contributed by atoms with Gasteiger partial charge in [0.05, 0.1) is 11.9 Å². The average Bonchev–Trinajstić information content (AvgIpc) is 1.99. The molecule has 0 rings (SSSR count). The Morgan fingerprint density at radius 3 is 2.55 bits per heavy atom. The summed E-state index contributed by atoms with van der Waals surface area (Å²) in [6.07, 6.45) is -0.369. The SMILES string of the molecule is CC(O)C(C)SCC(N)=NO. The summed E-state index contributed by atoms with van der Waals surface area (Å²) in [5, 5.41) is 20.1. The molecule has 0 bridgehead atoms. The van der Waals surface area contributed by atoms with Crippen molar-refractivity contribution in [3.05, 3.63) is 0 Å². The summed E-state index contributed by atoms with van der Waals surface area (Å²) in [6.45, 7) is 3.60. The van der Waals surface area contributed by atoms with E-state index >= 15 is 0 Å². The second-order valence-electron chi connectivity index (χ2n) is 2.35. The average molecular weight is 178 g/mol. The van der Waals surface area contributed by atoms with Crippen LogP contribution in [0.25, 0.3) is 0 Å². The molecule has 2 unspecified atom stereocenters. The third-order valence-electron chi connectivity index (χ3n) is 1.30. The monoisotopic (exact) mass is 178 g/mol. The van der Waals surface area contributed by atoms with Crippen molar-refractivity contribution in [2.45, 2.75) is 25.2 Å². The zero-order valence-corrected chi connectivity index (χ0v) is 7.51. The summed E-state index contributed by atoms with van der Waals surface area (Å²) in [5.74, 6) is 0.630. The van der Waals surface area contributed by atoms with E-state index in [1.807, 2.05) is 6.92 Å². The molecule has 0 saturated carbocycles. The fourth-order valence-corrected chi connectivity index (χ4v) is 1.15. The van der Waals surface area contributed by atoms with Gasteiger partial charge in [0.15, 0.2) is 0 Å². The first-order valence-corrected chi connectivity index (χ1v) is 4.39. The van der Waals surface area contributed by atoms with Crippen LogP contribution in [0.4, 0.5) is 0 Å².